The number of hydrogen-bond acceptors (Lipinski definition) is 4. The summed E-state index contributed by atoms with van der Waals surface area (Å²) < 4.78 is 7.80. The zero-order valence-electron chi connectivity index (χ0n) is 14.1. The van der Waals surface area contributed by atoms with Gasteiger partial charge in [-0.05, 0) is 56.2 Å². The molecule has 0 atom stereocenters. The van der Waals surface area contributed by atoms with E-state index in [-0.39, 0.29) is 0 Å². The van der Waals surface area contributed by atoms with Crippen molar-refractivity contribution in [1.29, 1.82) is 0 Å². The van der Waals surface area contributed by atoms with Gasteiger partial charge in [-0.3, -0.25) is 0 Å². The van der Waals surface area contributed by atoms with E-state index in [1.54, 1.807) is 0 Å². The molecule has 0 radical (unpaired) electrons. The quantitative estimate of drug-likeness (QED) is 0.604. The molecule has 3 aromatic heterocycles. The molecule has 0 fully saturated rings. The minimum Gasteiger partial charge on any atom is -0.424 e. The van der Waals surface area contributed by atoms with Crippen LogP contribution in [0.4, 0.5) is 6.01 Å². The lowest BCUT2D eigenvalue weighted by molar-refractivity contribution is 0.616. The zero-order valence-corrected chi connectivity index (χ0v) is 14.1. The molecule has 122 valence electrons. The van der Waals surface area contributed by atoms with Gasteiger partial charge >= 0.3 is 0 Å². The molecule has 5 nitrogen and oxygen atoms in total. The maximum absolute atomic E-state index is 5.67. The number of pyridine rings is 1. The van der Waals surface area contributed by atoms with Gasteiger partial charge in [0.2, 0.25) is 0 Å². The maximum atomic E-state index is 5.67. The summed E-state index contributed by atoms with van der Waals surface area (Å²) in [6.07, 6.45) is 3.10. The summed E-state index contributed by atoms with van der Waals surface area (Å²) in [5.41, 5.74) is 7.06. The number of aromatic nitrogens is 3. The number of anilines is 1. The van der Waals surface area contributed by atoms with Crippen molar-refractivity contribution in [3.05, 3.63) is 47.8 Å². The van der Waals surface area contributed by atoms with Crippen LogP contribution in [0.25, 0.3) is 28.0 Å². The number of imidazole rings is 1. The average Bonchev–Trinajstić information content (AvgIpc) is 3.14. The number of nitrogens with zero attached hydrogens (tertiary/aromatic N) is 3. The van der Waals surface area contributed by atoms with Crippen molar-refractivity contribution >= 4 is 22.8 Å². The lowest BCUT2D eigenvalue weighted by atomic mass is 10.1. The van der Waals surface area contributed by atoms with Crippen molar-refractivity contribution in [2.75, 3.05) is 11.9 Å². The Kier molecular flexibility index (Phi) is 3.49. The van der Waals surface area contributed by atoms with E-state index in [0.29, 0.717) is 6.01 Å². The summed E-state index contributed by atoms with van der Waals surface area (Å²) in [4.78, 5) is 9.32. The van der Waals surface area contributed by atoms with Gasteiger partial charge in [0.1, 0.15) is 11.2 Å². The molecule has 0 aliphatic heterocycles. The van der Waals surface area contributed by atoms with E-state index < -0.39 is 0 Å². The Balaban J connectivity index is 1.84. The van der Waals surface area contributed by atoms with Crippen LogP contribution in [0, 0.1) is 6.92 Å². The topological polar surface area (TPSA) is 55.4 Å². The molecule has 0 spiro atoms. The summed E-state index contributed by atoms with van der Waals surface area (Å²) in [6, 6.07) is 10.9. The van der Waals surface area contributed by atoms with E-state index >= 15 is 0 Å². The predicted octanol–water partition coefficient (Wildman–Crippen LogP) is 4.45. The van der Waals surface area contributed by atoms with Crippen LogP contribution in [-0.2, 0) is 6.42 Å². The Hall–Kier alpha value is -2.82. The minimum absolute atomic E-state index is 0.559. The summed E-state index contributed by atoms with van der Waals surface area (Å²) >= 11 is 0. The molecular weight excluding hydrogens is 300 g/mol. The van der Waals surface area contributed by atoms with Crippen LogP contribution in [-0.4, -0.2) is 20.9 Å². The van der Waals surface area contributed by atoms with Crippen molar-refractivity contribution in [3.63, 3.8) is 0 Å². The van der Waals surface area contributed by atoms with Crippen LogP contribution in [0.2, 0.25) is 0 Å². The first-order valence-electron chi connectivity index (χ1n) is 8.32. The predicted molar refractivity (Wildman–Crippen MR) is 96.5 cm³/mol. The van der Waals surface area contributed by atoms with Crippen molar-refractivity contribution < 1.29 is 4.42 Å². The number of rotatable bonds is 4. The Morgan fingerprint density at radius 2 is 2.00 bits per heavy atom. The number of aryl methyl sites for hydroxylation is 2. The third-order valence-corrected chi connectivity index (χ3v) is 4.33. The van der Waals surface area contributed by atoms with Gasteiger partial charge in [0.15, 0.2) is 5.58 Å². The van der Waals surface area contributed by atoms with Crippen molar-refractivity contribution in [2.45, 2.75) is 27.2 Å². The molecule has 0 aliphatic carbocycles. The highest BCUT2D eigenvalue weighted by Gasteiger charge is 2.13. The van der Waals surface area contributed by atoms with Gasteiger partial charge in [-0.2, -0.15) is 4.98 Å². The molecule has 0 amide bonds. The Bertz CT molecular complexity index is 1030. The highest BCUT2D eigenvalue weighted by Crippen LogP contribution is 2.28. The normalized spacial score (nSPS) is 11.5. The third kappa shape index (κ3) is 2.33. The first kappa shape index (κ1) is 14.8. The van der Waals surface area contributed by atoms with Gasteiger partial charge in [-0.1, -0.05) is 6.92 Å². The Labute approximate surface area is 140 Å². The highest BCUT2D eigenvalue weighted by atomic mass is 16.4. The molecule has 1 N–H and O–H groups in total. The van der Waals surface area contributed by atoms with E-state index in [0.717, 1.165) is 46.7 Å². The van der Waals surface area contributed by atoms with E-state index in [2.05, 4.69) is 46.9 Å². The second-order valence-electron chi connectivity index (χ2n) is 5.89. The van der Waals surface area contributed by atoms with Crippen LogP contribution >= 0.6 is 0 Å². The monoisotopic (exact) mass is 320 g/mol. The zero-order chi connectivity index (χ0) is 16.7. The van der Waals surface area contributed by atoms with Gasteiger partial charge in [0.05, 0.1) is 5.69 Å². The summed E-state index contributed by atoms with van der Waals surface area (Å²) in [5, 5.41) is 3.10. The average molecular weight is 320 g/mol. The number of hydrogen-bond donors (Lipinski definition) is 1. The first-order valence-corrected chi connectivity index (χ1v) is 8.32. The number of fused-ring (bicyclic) bond motifs is 2. The van der Waals surface area contributed by atoms with Gasteiger partial charge < -0.3 is 14.1 Å². The Morgan fingerprint density at radius 3 is 2.79 bits per heavy atom. The van der Waals surface area contributed by atoms with Crippen LogP contribution in [0.5, 0.6) is 0 Å². The van der Waals surface area contributed by atoms with E-state index in [1.807, 2.05) is 25.1 Å². The summed E-state index contributed by atoms with van der Waals surface area (Å²) in [7, 11) is 0. The summed E-state index contributed by atoms with van der Waals surface area (Å²) in [6.45, 7) is 7.05. The third-order valence-electron chi connectivity index (χ3n) is 4.33. The lowest BCUT2D eigenvalue weighted by Crippen LogP contribution is -1.95. The van der Waals surface area contributed by atoms with Gasteiger partial charge in [-0.25, -0.2) is 4.98 Å². The van der Waals surface area contributed by atoms with Gasteiger partial charge in [-0.15, -0.1) is 0 Å². The van der Waals surface area contributed by atoms with Crippen LogP contribution < -0.4 is 5.32 Å². The van der Waals surface area contributed by atoms with E-state index in [4.69, 9.17) is 9.40 Å². The molecule has 3 heterocycles. The second kappa shape index (κ2) is 5.67. The fraction of sp³-hybridized carbons (Fsp3) is 0.263. The number of nitrogens with one attached hydrogen (secondary N) is 1. The van der Waals surface area contributed by atoms with Gasteiger partial charge in [0, 0.05) is 24.0 Å². The molecule has 0 unspecified atom stereocenters. The Morgan fingerprint density at radius 1 is 1.12 bits per heavy atom. The molecule has 0 bridgehead atoms. The molecule has 1 aromatic carbocycles. The fourth-order valence-corrected chi connectivity index (χ4v) is 3.00. The van der Waals surface area contributed by atoms with Crippen LogP contribution in [0.3, 0.4) is 0 Å². The van der Waals surface area contributed by atoms with E-state index in [1.165, 1.54) is 5.56 Å². The maximum Gasteiger partial charge on any atom is 0.295 e. The molecule has 4 rings (SSSR count). The first-order chi connectivity index (χ1) is 11.7. The largest absolute Gasteiger partial charge is 0.424 e. The van der Waals surface area contributed by atoms with Crippen molar-refractivity contribution in [2.24, 2.45) is 0 Å². The molecule has 4 aromatic rings. The molecule has 24 heavy (non-hydrogen) atoms. The van der Waals surface area contributed by atoms with Gasteiger partial charge in [0.25, 0.3) is 6.01 Å². The SMILES string of the molecule is CCNc1nc2cc(-c3nc4cc(CC)ccn4c3C)ccc2o1. The lowest BCUT2D eigenvalue weighted by Gasteiger charge is -2.00. The highest BCUT2D eigenvalue weighted by molar-refractivity contribution is 5.81. The second-order valence-corrected chi connectivity index (χ2v) is 5.89. The molecule has 0 saturated heterocycles. The summed E-state index contributed by atoms with van der Waals surface area (Å²) in [5.74, 6) is 0. The number of benzene rings is 1. The molecule has 0 saturated carbocycles. The molecule has 0 aliphatic rings. The minimum atomic E-state index is 0.559. The van der Waals surface area contributed by atoms with Crippen LogP contribution in [0.1, 0.15) is 25.1 Å². The van der Waals surface area contributed by atoms with Crippen molar-refractivity contribution in [1.82, 2.24) is 14.4 Å². The number of oxazole rings is 1. The van der Waals surface area contributed by atoms with Crippen LogP contribution in [0.15, 0.2) is 40.9 Å². The smallest absolute Gasteiger partial charge is 0.295 e. The fourth-order valence-electron chi connectivity index (χ4n) is 3.00. The molecule has 5 heteroatoms. The molecular formula is C19H20N4O. The van der Waals surface area contributed by atoms with Crippen molar-refractivity contribution in [3.8, 4) is 11.3 Å². The van der Waals surface area contributed by atoms with E-state index in [9.17, 15) is 0 Å². The standard InChI is InChI=1S/C19H20N4O/c1-4-13-8-9-23-12(3)18(22-17(23)10-13)14-6-7-16-15(11-14)21-19(24-16)20-5-2/h6-11H,4-5H2,1-3H3,(H,20,21).